The smallest absolute Gasteiger partial charge is 0.0897 e. The summed E-state index contributed by atoms with van der Waals surface area (Å²) in [4.78, 5) is 0. The van der Waals surface area contributed by atoms with Crippen molar-refractivity contribution in [1.29, 1.82) is 0 Å². The highest BCUT2D eigenvalue weighted by Crippen LogP contribution is 2.28. The molecule has 0 heterocycles. The van der Waals surface area contributed by atoms with Crippen LogP contribution in [0.15, 0.2) is 0 Å². The quantitative estimate of drug-likeness (QED) is 0.573. The molecule has 0 aromatic heterocycles. The molecular weight excluding hydrogens is 194 g/mol. The van der Waals surface area contributed by atoms with E-state index in [1.54, 1.807) is 0 Å². The van der Waals surface area contributed by atoms with Crippen LogP contribution in [-0.4, -0.2) is 48.2 Å². The van der Waals surface area contributed by atoms with Gasteiger partial charge in [-0.1, -0.05) is 12.8 Å². The van der Waals surface area contributed by atoms with Crippen molar-refractivity contribution in [3.05, 3.63) is 0 Å². The summed E-state index contributed by atoms with van der Waals surface area (Å²) in [5.74, 6) is 0. The van der Waals surface area contributed by atoms with E-state index in [-0.39, 0.29) is 12.1 Å². The zero-order chi connectivity index (χ0) is 11.1. The molecule has 3 N–H and O–H groups in total. The highest BCUT2D eigenvalue weighted by molar-refractivity contribution is 4.92. The normalized spacial score (nSPS) is 21.8. The van der Waals surface area contributed by atoms with Gasteiger partial charge < -0.3 is 20.3 Å². The minimum Gasteiger partial charge on any atom is -0.394 e. The molecular formula is C11H23NO3. The second-order valence-corrected chi connectivity index (χ2v) is 4.34. The Bertz CT molecular complexity index is 169. The number of hydrogen-bond acceptors (Lipinski definition) is 4. The van der Waals surface area contributed by atoms with Crippen molar-refractivity contribution in [3.63, 3.8) is 0 Å². The molecule has 4 heteroatoms. The van der Waals surface area contributed by atoms with E-state index in [9.17, 15) is 10.2 Å². The van der Waals surface area contributed by atoms with Gasteiger partial charge in [-0.15, -0.1) is 0 Å². The molecule has 90 valence electrons. The molecule has 1 atom stereocenters. The summed E-state index contributed by atoms with van der Waals surface area (Å²) in [6, 6.07) is 0. The number of hydrogen-bond donors (Lipinski definition) is 3. The Kier molecular flexibility index (Phi) is 5.53. The standard InChI is InChI=1S/C11H23NO3/c1-2-15-8-10(14)7-12-11(9-13)5-3-4-6-11/h10,12-14H,2-9H2,1H3. The second kappa shape index (κ2) is 6.43. The molecule has 1 unspecified atom stereocenters. The van der Waals surface area contributed by atoms with Gasteiger partial charge in [0.25, 0.3) is 0 Å². The van der Waals surface area contributed by atoms with E-state index in [4.69, 9.17) is 4.74 Å². The maximum absolute atomic E-state index is 9.58. The van der Waals surface area contributed by atoms with E-state index < -0.39 is 6.10 Å². The van der Waals surface area contributed by atoms with Crippen LogP contribution in [0, 0.1) is 0 Å². The fourth-order valence-electron chi connectivity index (χ4n) is 2.09. The van der Waals surface area contributed by atoms with Crippen molar-refractivity contribution in [3.8, 4) is 0 Å². The van der Waals surface area contributed by atoms with Gasteiger partial charge in [0, 0.05) is 18.7 Å². The summed E-state index contributed by atoms with van der Waals surface area (Å²) in [6.45, 7) is 3.56. The predicted octanol–water partition coefficient (Wildman–Crippen LogP) is 0.278. The fourth-order valence-corrected chi connectivity index (χ4v) is 2.09. The van der Waals surface area contributed by atoms with E-state index in [1.165, 1.54) is 0 Å². The molecule has 0 amide bonds. The second-order valence-electron chi connectivity index (χ2n) is 4.34. The van der Waals surface area contributed by atoms with Gasteiger partial charge >= 0.3 is 0 Å². The van der Waals surface area contributed by atoms with Crippen LogP contribution in [0.2, 0.25) is 0 Å². The number of aliphatic hydroxyl groups excluding tert-OH is 2. The van der Waals surface area contributed by atoms with Crippen LogP contribution in [-0.2, 0) is 4.74 Å². The molecule has 0 bridgehead atoms. The van der Waals surface area contributed by atoms with E-state index in [2.05, 4.69) is 5.32 Å². The van der Waals surface area contributed by atoms with Gasteiger partial charge in [0.2, 0.25) is 0 Å². The average Bonchev–Trinajstić information content (AvgIpc) is 2.73. The van der Waals surface area contributed by atoms with Gasteiger partial charge in [0.1, 0.15) is 0 Å². The molecule has 0 aromatic carbocycles. The molecule has 1 saturated carbocycles. The van der Waals surface area contributed by atoms with Gasteiger partial charge in [-0.3, -0.25) is 0 Å². The molecule has 0 aliphatic heterocycles. The molecule has 0 saturated heterocycles. The first kappa shape index (κ1) is 12.9. The van der Waals surface area contributed by atoms with Crippen molar-refractivity contribution < 1.29 is 14.9 Å². The number of nitrogens with one attached hydrogen (secondary N) is 1. The summed E-state index contributed by atoms with van der Waals surface area (Å²) in [6.07, 6.45) is 3.86. The first-order valence-corrected chi connectivity index (χ1v) is 5.84. The SMILES string of the molecule is CCOCC(O)CNC1(CO)CCCC1. The van der Waals surface area contributed by atoms with Crippen molar-refractivity contribution >= 4 is 0 Å². The van der Waals surface area contributed by atoms with Gasteiger partial charge in [-0.2, -0.15) is 0 Å². The Labute approximate surface area is 91.6 Å². The summed E-state index contributed by atoms with van der Waals surface area (Å²) < 4.78 is 5.12. The molecule has 1 rings (SSSR count). The summed E-state index contributed by atoms with van der Waals surface area (Å²) in [5.41, 5.74) is -0.146. The third-order valence-corrected chi connectivity index (χ3v) is 3.09. The van der Waals surface area contributed by atoms with Crippen LogP contribution in [0.25, 0.3) is 0 Å². The molecule has 0 radical (unpaired) electrons. The summed E-state index contributed by atoms with van der Waals surface area (Å²) in [5, 5.41) is 22.2. The van der Waals surface area contributed by atoms with Gasteiger partial charge in [0.15, 0.2) is 0 Å². The summed E-state index contributed by atoms with van der Waals surface area (Å²) in [7, 11) is 0. The topological polar surface area (TPSA) is 61.7 Å². The van der Waals surface area contributed by atoms with Crippen LogP contribution in [0.4, 0.5) is 0 Å². The number of aliphatic hydroxyl groups is 2. The molecule has 1 aliphatic rings. The van der Waals surface area contributed by atoms with E-state index in [1.807, 2.05) is 6.92 Å². The van der Waals surface area contributed by atoms with Crippen molar-refractivity contribution in [2.75, 3.05) is 26.4 Å². The highest BCUT2D eigenvalue weighted by Gasteiger charge is 2.32. The zero-order valence-corrected chi connectivity index (χ0v) is 9.54. The Hall–Kier alpha value is -0.160. The van der Waals surface area contributed by atoms with Gasteiger partial charge in [0.05, 0.1) is 19.3 Å². The van der Waals surface area contributed by atoms with Crippen LogP contribution in [0.5, 0.6) is 0 Å². The van der Waals surface area contributed by atoms with Crippen LogP contribution in [0.3, 0.4) is 0 Å². The van der Waals surface area contributed by atoms with Crippen LogP contribution >= 0.6 is 0 Å². The Morgan fingerprint density at radius 2 is 2.07 bits per heavy atom. The Morgan fingerprint density at radius 3 is 2.60 bits per heavy atom. The first-order chi connectivity index (χ1) is 7.22. The highest BCUT2D eigenvalue weighted by atomic mass is 16.5. The maximum atomic E-state index is 9.58. The van der Waals surface area contributed by atoms with Crippen LogP contribution in [0.1, 0.15) is 32.6 Å². The van der Waals surface area contributed by atoms with Crippen LogP contribution < -0.4 is 5.32 Å². The largest absolute Gasteiger partial charge is 0.394 e. The third-order valence-electron chi connectivity index (χ3n) is 3.09. The molecule has 0 spiro atoms. The lowest BCUT2D eigenvalue weighted by molar-refractivity contribution is 0.0345. The van der Waals surface area contributed by atoms with E-state index >= 15 is 0 Å². The minimum atomic E-state index is -0.478. The molecule has 15 heavy (non-hydrogen) atoms. The molecule has 4 nitrogen and oxygen atoms in total. The third kappa shape index (κ3) is 4.07. The lowest BCUT2D eigenvalue weighted by Crippen LogP contribution is -2.49. The molecule has 1 fully saturated rings. The van der Waals surface area contributed by atoms with Crippen molar-refractivity contribution in [1.82, 2.24) is 5.32 Å². The fraction of sp³-hybridized carbons (Fsp3) is 1.00. The number of ether oxygens (including phenoxy) is 1. The van der Waals surface area contributed by atoms with Crippen molar-refractivity contribution in [2.24, 2.45) is 0 Å². The zero-order valence-electron chi connectivity index (χ0n) is 9.54. The molecule has 1 aliphatic carbocycles. The number of rotatable bonds is 7. The van der Waals surface area contributed by atoms with E-state index in [0.717, 1.165) is 25.7 Å². The van der Waals surface area contributed by atoms with E-state index in [0.29, 0.717) is 19.8 Å². The predicted molar refractivity (Wildman–Crippen MR) is 58.8 cm³/mol. The summed E-state index contributed by atoms with van der Waals surface area (Å²) >= 11 is 0. The molecule has 0 aromatic rings. The maximum Gasteiger partial charge on any atom is 0.0897 e. The first-order valence-electron chi connectivity index (χ1n) is 5.84. The van der Waals surface area contributed by atoms with Crippen molar-refractivity contribution in [2.45, 2.75) is 44.2 Å². The monoisotopic (exact) mass is 217 g/mol. The number of β-amino-alcohol motifs (C(OH)–C–C–N with tert-alkyl or cyclic N) is 1. The van der Waals surface area contributed by atoms with Gasteiger partial charge in [-0.05, 0) is 19.8 Å². The lowest BCUT2D eigenvalue weighted by atomic mass is 9.99. The lowest BCUT2D eigenvalue weighted by Gasteiger charge is -2.29. The Morgan fingerprint density at radius 1 is 1.40 bits per heavy atom. The average molecular weight is 217 g/mol. The minimum absolute atomic E-state index is 0.146. The van der Waals surface area contributed by atoms with Gasteiger partial charge in [-0.25, -0.2) is 0 Å². The Balaban J connectivity index is 2.21.